The van der Waals surface area contributed by atoms with Gasteiger partial charge in [0.2, 0.25) is 6.29 Å². The Morgan fingerprint density at radius 3 is 2.87 bits per heavy atom. The zero-order valence-corrected chi connectivity index (χ0v) is 9.10. The molecule has 0 unspecified atom stereocenters. The molecule has 2 atom stereocenters. The van der Waals surface area contributed by atoms with E-state index in [1.165, 1.54) is 0 Å². The second kappa shape index (κ2) is 4.21. The normalized spacial score (nSPS) is 24.8. The second-order valence-electron chi connectivity index (χ2n) is 4.25. The molecule has 15 heavy (non-hydrogen) atoms. The van der Waals surface area contributed by atoms with Crippen LogP contribution in [0.5, 0.6) is 5.75 Å². The summed E-state index contributed by atoms with van der Waals surface area (Å²) in [5, 5.41) is 13.1. The van der Waals surface area contributed by atoms with Gasteiger partial charge in [0.15, 0.2) is 0 Å². The van der Waals surface area contributed by atoms with Gasteiger partial charge in [0.1, 0.15) is 5.75 Å². The lowest BCUT2D eigenvalue weighted by Crippen LogP contribution is -2.49. The number of aliphatic hydroxyl groups excluding tert-OH is 1. The third kappa shape index (κ3) is 2.30. The van der Waals surface area contributed by atoms with Crippen molar-refractivity contribution in [2.24, 2.45) is 0 Å². The molecule has 2 N–H and O–H groups in total. The van der Waals surface area contributed by atoms with Crippen molar-refractivity contribution in [3.05, 3.63) is 29.8 Å². The second-order valence-corrected chi connectivity index (χ2v) is 4.25. The molecule has 2 rings (SSSR count). The lowest BCUT2D eigenvalue weighted by atomic mass is 10.0. The van der Waals surface area contributed by atoms with Crippen LogP contribution in [-0.2, 0) is 6.42 Å². The highest BCUT2D eigenvalue weighted by molar-refractivity contribution is 5.35. The fraction of sp³-hybridized carbons (Fsp3) is 0.500. The Bertz CT molecular complexity index is 338. The highest BCUT2D eigenvalue weighted by atomic mass is 16.6. The summed E-state index contributed by atoms with van der Waals surface area (Å²) in [6.45, 7) is 4.13. The molecule has 0 saturated carbocycles. The molecule has 0 saturated heterocycles. The predicted octanol–water partition coefficient (Wildman–Crippen LogP) is 1.31. The number of para-hydroxylation sites is 1. The van der Waals surface area contributed by atoms with Crippen molar-refractivity contribution in [1.82, 2.24) is 5.32 Å². The SMILES string of the molecule is CC(C)N[C@H]1Cc2ccccc2O[C@H]1O. The quantitative estimate of drug-likeness (QED) is 0.768. The molecule has 1 aliphatic rings. The first-order valence-corrected chi connectivity index (χ1v) is 5.35. The molecule has 0 aliphatic carbocycles. The molecular formula is C12H17NO2. The minimum atomic E-state index is -0.748. The molecule has 3 nitrogen and oxygen atoms in total. The van der Waals surface area contributed by atoms with E-state index < -0.39 is 6.29 Å². The topological polar surface area (TPSA) is 41.5 Å². The van der Waals surface area contributed by atoms with E-state index in [2.05, 4.69) is 19.2 Å². The molecule has 3 heteroatoms. The van der Waals surface area contributed by atoms with Gasteiger partial charge in [-0.2, -0.15) is 0 Å². The number of hydrogen-bond acceptors (Lipinski definition) is 3. The largest absolute Gasteiger partial charge is 0.463 e. The summed E-state index contributed by atoms with van der Waals surface area (Å²) in [7, 11) is 0. The van der Waals surface area contributed by atoms with Gasteiger partial charge in [0.05, 0.1) is 6.04 Å². The lowest BCUT2D eigenvalue weighted by Gasteiger charge is -2.32. The van der Waals surface area contributed by atoms with E-state index in [0.717, 1.165) is 17.7 Å². The van der Waals surface area contributed by atoms with E-state index in [9.17, 15) is 5.11 Å². The number of ether oxygens (including phenoxy) is 1. The first-order valence-electron chi connectivity index (χ1n) is 5.35. The molecule has 0 bridgehead atoms. The van der Waals surface area contributed by atoms with Crippen molar-refractivity contribution >= 4 is 0 Å². The average Bonchev–Trinajstić information content (AvgIpc) is 2.18. The van der Waals surface area contributed by atoms with Crippen molar-refractivity contribution in [2.75, 3.05) is 0 Å². The Hall–Kier alpha value is -1.06. The van der Waals surface area contributed by atoms with Gasteiger partial charge in [-0.15, -0.1) is 0 Å². The fourth-order valence-electron chi connectivity index (χ4n) is 1.91. The Morgan fingerprint density at radius 2 is 2.13 bits per heavy atom. The molecule has 1 aromatic carbocycles. The van der Waals surface area contributed by atoms with Crippen LogP contribution < -0.4 is 10.1 Å². The van der Waals surface area contributed by atoms with Crippen LogP contribution in [0.2, 0.25) is 0 Å². The summed E-state index contributed by atoms with van der Waals surface area (Å²) in [6, 6.07) is 8.17. The average molecular weight is 207 g/mol. The van der Waals surface area contributed by atoms with Crippen LogP contribution >= 0.6 is 0 Å². The van der Waals surface area contributed by atoms with Gasteiger partial charge in [0, 0.05) is 6.04 Å². The van der Waals surface area contributed by atoms with Crippen LogP contribution in [0.1, 0.15) is 19.4 Å². The lowest BCUT2D eigenvalue weighted by molar-refractivity contribution is -0.0570. The smallest absolute Gasteiger partial charge is 0.213 e. The van der Waals surface area contributed by atoms with Crippen LogP contribution in [0.25, 0.3) is 0 Å². The third-order valence-corrected chi connectivity index (χ3v) is 2.55. The minimum absolute atomic E-state index is 0.0140. The molecular weight excluding hydrogens is 190 g/mol. The van der Waals surface area contributed by atoms with Crippen molar-refractivity contribution in [3.8, 4) is 5.75 Å². The van der Waals surface area contributed by atoms with Gasteiger partial charge in [-0.1, -0.05) is 32.0 Å². The van der Waals surface area contributed by atoms with Crippen molar-refractivity contribution in [1.29, 1.82) is 0 Å². The maximum Gasteiger partial charge on any atom is 0.213 e. The highest BCUT2D eigenvalue weighted by Crippen LogP contribution is 2.26. The third-order valence-electron chi connectivity index (χ3n) is 2.55. The van der Waals surface area contributed by atoms with Gasteiger partial charge in [0.25, 0.3) is 0 Å². The standard InChI is InChI=1S/C12H17NO2/c1-8(2)13-10-7-9-5-3-4-6-11(9)15-12(10)14/h3-6,8,10,12-14H,7H2,1-2H3/t10-,12+/m0/s1. The summed E-state index contributed by atoms with van der Waals surface area (Å²) >= 11 is 0. The zero-order valence-electron chi connectivity index (χ0n) is 9.10. The summed E-state index contributed by atoms with van der Waals surface area (Å²) in [5.74, 6) is 0.798. The fourth-order valence-corrected chi connectivity index (χ4v) is 1.91. The number of hydrogen-bond donors (Lipinski definition) is 2. The van der Waals surface area contributed by atoms with Crippen LogP contribution in [0.15, 0.2) is 24.3 Å². The van der Waals surface area contributed by atoms with Gasteiger partial charge in [-0.05, 0) is 18.1 Å². The predicted molar refractivity (Wildman–Crippen MR) is 58.8 cm³/mol. The van der Waals surface area contributed by atoms with Gasteiger partial charge >= 0.3 is 0 Å². The summed E-state index contributed by atoms with van der Waals surface area (Å²) in [5.41, 5.74) is 1.15. The molecule has 0 fully saturated rings. The molecule has 0 amide bonds. The van der Waals surface area contributed by atoms with E-state index in [0.29, 0.717) is 6.04 Å². The van der Waals surface area contributed by atoms with Crippen LogP contribution in [0.3, 0.4) is 0 Å². The summed E-state index contributed by atoms with van der Waals surface area (Å²) < 4.78 is 5.44. The number of rotatable bonds is 2. The van der Waals surface area contributed by atoms with Crippen LogP contribution in [0.4, 0.5) is 0 Å². The molecule has 1 heterocycles. The molecule has 0 spiro atoms. The molecule has 82 valence electrons. The Kier molecular flexibility index (Phi) is 2.93. The minimum Gasteiger partial charge on any atom is -0.463 e. The number of benzene rings is 1. The Labute approximate surface area is 90.1 Å². The van der Waals surface area contributed by atoms with E-state index in [1.54, 1.807) is 0 Å². The van der Waals surface area contributed by atoms with E-state index in [4.69, 9.17) is 4.74 Å². The Balaban J connectivity index is 2.14. The first kappa shape index (κ1) is 10.5. The van der Waals surface area contributed by atoms with Crippen molar-refractivity contribution < 1.29 is 9.84 Å². The van der Waals surface area contributed by atoms with Crippen molar-refractivity contribution in [2.45, 2.75) is 38.6 Å². The number of nitrogens with one attached hydrogen (secondary N) is 1. The maximum absolute atomic E-state index is 9.78. The summed E-state index contributed by atoms with van der Waals surface area (Å²) in [6.07, 6.45) is 0.0671. The monoisotopic (exact) mass is 207 g/mol. The number of aliphatic hydroxyl groups is 1. The number of fused-ring (bicyclic) bond motifs is 1. The van der Waals surface area contributed by atoms with Crippen LogP contribution in [-0.4, -0.2) is 23.5 Å². The van der Waals surface area contributed by atoms with Crippen molar-refractivity contribution in [3.63, 3.8) is 0 Å². The maximum atomic E-state index is 9.78. The molecule has 0 aromatic heterocycles. The van der Waals surface area contributed by atoms with Crippen LogP contribution in [0, 0.1) is 0 Å². The highest BCUT2D eigenvalue weighted by Gasteiger charge is 2.28. The van der Waals surface area contributed by atoms with E-state index in [-0.39, 0.29) is 6.04 Å². The zero-order chi connectivity index (χ0) is 10.8. The van der Waals surface area contributed by atoms with Gasteiger partial charge < -0.3 is 15.2 Å². The summed E-state index contributed by atoms with van der Waals surface area (Å²) in [4.78, 5) is 0. The Morgan fingerprint density at radius 1 is 1.40 bits per heavy atom. The van der Waals surface area contributed by atoms with E-state index >= 15 is 0 Å². The van der Waals surface area contributed by atoms with Gasteiger partial charge in [-0.25, -0.2) is 0 Å². The first-order chi connectivity index (χ1) is 7.16. The molecule has 1 aromatic rings. The molecule has 0 radical (unpaired) electrons. The van der Waals surface area contributed by atoms with Gasteiger partial charge in [-0.3, -0.25) is 0 Å². The molecule has 1 aliphatic heterocycles. The van der Waals surface area contributed by atoms with E-state index in [1.807, 2.05) is 24.3 Å².